The van der Waals surface area contributed by atoms with Gasteiger partial charge < -0.3 is 14.7 Å². The van der Waals surface area contributed by atoms with Gasteiger partial charge in [-0.1, -0.05) is 11.8 Å². The molecule has 3 aliphatic rings. The van der Waals surface area contributed by atoms with Crippen LogP contribution < -0.4 is 4.90 Å². The fourth-order valence-corrected chi connectivity index (χ4v) is 6.88. The molecule has 3 atom stereocenters. The predicted octanol–water partition coefficient (Wildman–Crippen LogP) is 2.51. The number of aromatic amines is 1. The molecular weight excluding hydrogens is 424 g/mol. The number of morpholine rings is 1. The molecule has 3 aromatic rings. The molecule has 8 nitrogen and oxygen atoms in total. The lowest BCUT2D eigenvalue weighted by atomic mass is 9.94. The lowest BCUT2D eigenvalue weighted by Gasteiger charge is -2.34. The molecule has 2 N–H and O–H groups in total. The minimum Gasteiger partial charge on any atom is -0.378 e. The summed E-state index contributed by atoms with van der Waals surface area (Å²) in [4.78, 5) is 7.22. The summed E-state index contributed by atoms with van der Waals surface area (Å²) in [6.07, 6.45) is 7.36. The number of H-pyrrole nitrogens is 1. The van der Waals surface area contributed by atoms with E-state index in [2.05, 4.69) is 39.0 Å². The second kappa shape index (κ2) is 7.80. The van der Waals surface area contributed by atoms with E-state index in [9.17, 15) is 5.11 Å². The van der Waals surface area contributed by atoms with Gasteiger partial charge in [0.15, 0.2) is 11.5 Å². The zero-order chi connectivity index (χ0) is 21.7. The lowest BCUT2D eigenvalue weighted by Crippen LogP contribution is -2.44. The van der Waals surface area contributed by atoms with Crippen LogP contribution in [0.4, 0.5) is 5.82 Å². The number of ether oxygens (including phenoxy) is 1. The molecular formula is C23H26N6O2S. The molecule has 6 heterocycles. The highest BCUT2D eigenvalue weighted by atomic mass is 32.2. The van der Waals surface area contributed by atoms with Crippen LogP contribution in [0.15, 0.2) is 24.5 Å². The van der Waals surface area contributed by atoms with Gasteiger partial charge in [-0.2, -0.15) is 26.6 Å². The van der Waals surface area contributed by atoms with Crippen LogP contribution in [0.5, 0.6) is 0 Å². The van der Waals surface area contributed by atoms with Gasteiger partial charge in [-0.05, 0) is 38.7 Å². The second-order valence-corrected chi connectivity index (χ2v) is 10.6. The molecule has 3 saturated heterocycles. The first-order valence-electron chi connectivity index (χ1n) is 11.2. The van der Waals surface area contributed by atoms with Crippen LogP contribution in [-0.4, -0.2) is 72.0 Å². The van der Waals surface area contributed by atoms with Crippen molar-refractivity contribution in [2.75, 3.05) is 24.7 Å². The molecule has 0 amide bonds. The standard InChI is InChI=1S/C23H26N6O2S/c1-15-14-31-9-8-28(15)21-10-16(4-6-23(30)11-17-2-3-18(12-23)32-17)19-13-25-29(22(19)26-21)20-5-7-24-27-20/h5,7,10,13,15,17-18,30H,2-3,8-9,11-12,14H2,1H3,(H,24,27)/t15-,17?,18?,23?/m1/s1. The number of thioether (sulfide) groups is 1. The maximum atomic E-state index is 11.2. The maximum absolute atomic E-state index is 11.2. The predicted molar refractivity (Wildman–Crippen MR) is 124 cm³/mol. The van der Waals surface area contributed by atoms with E-state index < -0.39 is 5.60 Å². The Bertz CT molecular complexity index is 1180. The van der Waals surface area contributed by atoms with E-state index in [1.807, 2.05) is 23.9 Å². The first-order chi connectivity index (χ1) is 15.6. The average Bonchev–Trinajstić information content (AvgIpc) is 3.52. The molecule has 2 unspecified atom stereocenters. The van der Waals surface area contributed by atoms with E-state index >= 15 is 0 Å². The van der Waals surface area contributed by atoms with E-state index in [-0.39, 0.29) is 6.04 Å². The summed E-state index contributed by atoms with van der Waals surface area (Å²) in [7, 11) is 0. The third kappa shape index (κ3) is 3.56. The Hall–Kier alpha value is -2.54. The third-order valence-corrected chi connectivity index (χ3v) is 8.23. The topological polar surface area (TPSA) is 92.1 Å². The largest absolute Gasteiger partial charge is 0.378 e. The molecule has 0 aliphatic carbocycles. The Morgan fingerprint density at radius 1 is 1.31 bits per heavy atom. The van der Waals surface area contributed by atoms with Crippen molar-refractivity contribution in [3.05, 3.63) is 30.1 Å². The molecule has 32 heavy (non-hydrogen) atoms. The number of rotatable bonds is 2. The minimum absolute atomic E-state index is 0.216. The molecule has 3 fully saturated rings. The fraction of sp³-hybridized carbons (Fsp3) is 0.522. The van der Waals surface area contributed by atoms with Crippen molar-refractivity contribution in [2.45, 2.75) is 54.7 Å². The van der Waals surface area contributed by atoms with Crippen molar-refractivity contribution in [1.29, 1.82) is 0 Å². The molecule has 0 radical (unpaired) electrons. The van der Waals surface area contributed by atoms with Gasteiger partial charge in [-0.3, -0.25) is 5.10 Å². The summed E-state index contributed by atoms with van der Waals surface area (Å²) in [5.41, 5.74) is 0.646. The zero-order valence-corrected chi connectivity index (χ0v) is 18.8. The van der Waals surface area contributed by atoms with Crippen molar-refractivity contribution >= 4 is 28.6 Å². The van der Waals surface area contributed by atoms with Crippen LogP contribution >= 0.6 is 11.8 Å². The zero-order valence-electron chi connectivity index (χ0n) is 18.0. The van der Waals surface area contributed by atoms with Gasteiger partial charge in [-0.15, -0.1) is 0 Å². The van der Waals surface area contributed by atoms with Crippen molar-refractivity contribution in [2.24, 2.45) is 0 Å². The van der Waals surface area contributed by atoms with Crippen molar-refractivity contribution in [3.63, 3.8) is 0 Å². The van der Waals surface area contributed by atoms with Gasteiger partial charge in [0.1, 0.15) is 11.4 Å². The van der Waals surface area contributed by atoms with E-state index in [0.717, 1.165) is 47.6 Å². The van der Waals surface area contributed by atoms with Crippen LogP contribution in [0, 0.1) is 11.8 Å². The van der Waals surface area contributed by atoms with Crippen LogP contribution in [0.1, 0.15) is 38.2 Å². The quantitative estimate of drug-likeness (QED) is 0.580. The molecule has 9 heteroatoms. The van der Waals surface area contributed by atoms with E-state index in [0.29, 0.717) is 23.7 Å². The molecule has 3 aromatic heterocycles. The molecule has 6 rings (SSSR count). The molecule has 2 bridgehead atoms. The number of hydrogen-bond donors (Lipinski definition) is 2. The summed E-state index contributed by atoms with van der Waals surface area (Å²) in [6.45, 7) is 4.25. The van der Waals surface area contributed by atoms with Gasteiger partial charge in [0, 0.05) is 28.7 Å². The maximum Gasteiger partial charge on any atom is 0.168 e. The van der Waals surface area contributed by atoms with Gasteiger partial charge in [0.2, 0.25) is 0 Å². The number of fused-ring (bicyclic) bond motifs is 3. The number of nitrogens with zero attached hydrogens (tertiary/aromatic N) is 5. The van der Waals surface area contributed by atoms with Gasteiger partial charge in [-0.25, -0.2) is 4.98 Å². The lowest BCUT2D eigenvalue weighted by molar-refractivity contribution is 0.0837. The summed E-state index contributed by atoms with van der Waals surface area (Å²) in [5.74, 6) is 8.19. The molecule has 3 aliphatic heterocycles. The van der Waals surface area contributed by atoms with Gasteiger partial charge in [0.05, 0.1) is 37.0 Å². The van der Waals surface area contributed by atoms with Crippen molar-refractivity contribution < 1.29 is 9.84 Å². The van der Waals surface area contributed by atoms with E-state index in [1.165, 1.54) is 12.8 Å². The smallest absolute Gasteiger partial charge is 0.168 e. The molecule has 166 valence electrons. The Morgan fingerprint density at radius 2 is 2.16 bits per heavy atom. The van der Waals surface area contributed by atoms with Gasteiger partial charge >= 0.3 is 0 Å². The van der Waals surface area contributed by atoms with E-state index in [1.54, 1.807) is 17.1 Å². The van der Waals surface area contributed by atoms with Crippen LogP contribution in [0.2, 0.25) is 0 Å². The van der Waals surface area contributed by atoms with Crippen LogP contribution in [0.25, 0.3) is 16.9 Å². The Morgan fingerprint density at radius 3 is 2.91 bits per heavy atom. The summed E-state index contributed by atoms with van der Waals surface area (Å²) < 4.78 is 7.38. The highest BCUT2D eigenvalue weighted by Gasteiger charge is 2.42. The summed E-state index contributed by atoms with van der Waals surface area (Å²) in [6, 6.07) is 4.11. The summed E-state index contributed by atoms with van der Waals surface area (Å²) in [5, 5.41) is 24.7. The molecule has 0 spiro atoms. The second-order valence-electron chi connectivity index (χ2n) is 9.03. The number of aliphatic hydroxyl groups is 1. The first-order valence-corrected chi connectivity index (χ1v) is 12.2. The number of aromatic nitrogens is 5. The number of nitrogens with one attached hydrogen (secondary N) is 1. The highest BCUT2D eigenvalue weighted by Crippen LogP contribution is 2.47. The number of pyridine rings is 1. The number of hydrogen-bond acceptors (Lipinski definition) is 7. The monoisotopic (exact) mass is 450 g/mol. The van der Waals surface area contributed by atoms with Gasteiger partial charge in [0.25, 0.3) is 0 Å². The SMILES string of the molecule is C[C@@H]1COCCN1c1cc(C#CC2(O)CC3CCC(C2)S3)c2cnn(-c3ccn[nH]3)c2n1. The van der Waals surface area contributed by atoms with E-state index in [4.69, 9.17) is 9.72 Å². The Balaban J connectivity index is 1.45. The number of anilines is 1. The average molecular weight is 451 g/mol. The van der Waals surface area contributed by atoms with Crippen molar-refractivity contribution in [1.82, 2.24) is 25.0 Å². The molecule has 0 saturated carbocycles. The Labute approximate surface area is 190 Å². The fourth-order valence-electron chi connectivity index (χ4n) is 5.05. The normalized spacial score (nSPS) is 29.8. The minimum atomic E-state index is -0.918. The van der Waals surface area contributed by atoms with Crippen LogP contribution in [0.3, 0.4) is 0 Å². The van der Waals surface area contributed by atoms with Crippen molar-refractivity contribution in [3.8, 4) is 17.7 Å². The Kier molecular flexibility index (Phi) is 4.90. The first kappa shape index (κ1) is 20.1. The van der Waals surface area contributed by atoms with Crippen LogP contribution in [-0.2, 0) is 4.74 Å². The third-order valence-electron chi connectivity index (χ3n) is 6.66. The highest BCUT2D eigenvalue weighted by molar-refractivity contribution is 8.00. The molecule has 0 aromatic carbocycles. The summed E-state index contributed by atoms with van der Waals surface area (Å²) >= 11 is 2.02.